The standard InChI is InChI=1S/C15H19N3O3.ClH/c1-3-13(19)15(21)18-7-6-17(2)12(9-18)11-8-10(16)4-5-14(11)20;/h3-5,8,12,20H,1,6-7,9,16H2,2H3;1H. The molecule has 0 bridgehead atoms. The molecule has 1 aromatic carbocycles. The van der Waals surface area contributed by atoms with Crippen LogP contribution in [-0.2, 0) is 9.59 Å². The maximum Gasteiger partial charge on any atom is 0.294 e. The summed E-state index contributed by atoms with van der Waals surface area (Å²) in [5.41, 5.74) is 6.96. The Morgan fingerprint density at radius 2 is 2.09 bits per heavy atom. The van der Waals surface area contributed by atoms with Gasteiger partial charge in [-0.15, -0.1) is 12.4 Å². The van der Waals surface area contributed by atoms with Crippen LogP contribution in [0.15, 0.2) is 30.9 Å². The Morgan fingerprint density at radius 1 is 1.41 bits per heavy atom. The summed E-state index contributed by atoms with van der Waals surface area (Å²) in [6.07, 6.45) is 1.02. The van der Waals surface area contributed by atoms with Crippen molar-refractivity contribution in [2.75, 3.05) is 32.4 Å². The highest BCUT2D eigenvalue weighted by Gasteiger charge is 2.31. The number of piperazine rings is 1. The number of likely N-dealkylation sites (N-methyl/N-ethyl adjacent to an activating group) is 1. The van der Waals surface area contributed by atoms with Gasteiger partial charge in [-0.3, -0.25) is 14.5 Å². The SMILES string of the molecule is C=CC(=O)C(=O)N1CCN(C)C(c2cc(N)ccc2O)C1.Cl. The maximum absolute atomic E-state index is 12.0. The number of carbonyl (C=O) groups excluding carboxylic acids is 2. The molecule has 1 heterocycles. The van der Waals surface area contributed by atoms with Crippen LogP contribution in [0.2, 0.25) is 0 Å². The minimum atomic E-state index is -0.616. The number of carbonyl (C=O) groups is 2. The number of nitrogen functional groups attached to an aromatic ring is 1. The number of ketones is 1. The van der Waals surface area contributed by atoms with Gasteiger partial charge in [-0.2, -0.15) is 0 Å². The predicted octanol–water partition coefficient (Wildman–Crippen LogP) is 0.966. The lowest BCUT2D eigenvalue weighted by Gasteiger charge is -2.39. The first kappa shape index (κ1) is 18.0. The van der Waals surface area contributed by atoms with Gasteiger partial charge in [0.25, 0.3) is 5.91 Å². The van der Waals surface area contributed by atoms with E-state index >= 15 is 0 Å². The molecular weight excluding hydrogens is 306 g/mol. The Hall–Kier alpha value is -2.05. The van der Waals surface area contributed by atoms with E-state index in [0.717, 1.165) is 6.08 Å². The zero-order chi connectivity index (χ0) is 15.6. The zero-order valence-electron chi connectivity index (χ0n) is 12.4. The number of aromatic hydroxyl groups is 1. The van der Waals surface area contributed by atoms with Crippen LogP contribution in [0, 0.1) is 0 Å². The van der Waals surface area contributed by atoms with E-state index in [1.54, 1.807) is 12.1 Å². The lowest BCUT2D eigenvalue weighted by Crippen LogP contribution is -2.50. The summed E-state index contributed by atoms with van der Waals surface area (Å²) in [7, 11) is 1.91. The van der Waals surface area contributed by atoms with Gasteiger partial charge in [0, 0.05) is 30.9 Å². The Morgan fingerprint density at radius 3 is 2.73 bits per heavy atom. The highest BCUT2D eigenvalue weighted by atomic mass is 35.5. The van der Waals surface area contributed by atoms with Gasteiger partial charge >= 0.3 is 0 Å². The molecule has 0 spiro atoms. The van der Waals surface area contributed by atoms with Crippen LogP contribution in [0.1, 0.15) is 11.6 Å². The smallest absolute Gasteiger partial charge is 0.294 e. The van der Waals surface area contributed by atoms with Crippen molar-refractivity contribution in [1.29, 1.82) is 0 Å². The monoisotopic (exact) mass is 325 g/mol. The topological polar surface area (TPSA) is 86.9 Å². The Balaban J connectivity index is 0.00000242. The third-order valence-electron chi connectivity index (χ3n) is 3.74. The van der Waals surface area contributed by atoms with Crippen molar-refractivity contribution in [3.63, 3.8) is 0 Å². The minimum absolute atomic E-state index is 0. The molecule has 7 heteroatoms. The summed E-state index contributed by atoms with van der Waals surface area (Å²) < 4.78 is 0. The molecule has 3 N–H and O–H groups in total. The second-order valence-electron chi connectivity index (χ2n) is 5.13. The lowest BCUT2D eigenvalue weighted by molar-refractivity contribution is -0.144. The minimum Gasteiger partial charge on any atom is -0.508 e. The molecule has 1 saturated heterocycles. The lowest BCUT2D eigenvalue weighted by atomic mass is 10.0. The largest absolute Gasteiger partial charge is 0.508 e. The summed E-state index contributed by atoms with van der Waals surface area (Å²) in [6.45, 7) is 4.73. The van der Waals surface area contributed by atoms with E-state index in [1.165, 1.54) is 11.0 Å². The molecule has 1 fully saturated rings. The summed E-state index contributed by atoms with van der Waals surface area (Å²) in [4.78, 5) is 26.9. The van der Waals surface area contributed by atoms with Crippen LogP contribution in [0.3, 0.4) is 0 Å². The molecule has 22 heavy (non-hydrogen) atoms. The van der Waals surface area contributed by atoms with Crippen LogP contribution in [0.25, 0.3) is 0 Å². The first-order chi connectivity index (χ1) is 9.93. The Kier molecular flexibility index (Phi) is 5.96. The molecule has 0 aliphatic carbocycles. The fraction of sp³-hybridized carbons (Fsp3) is 0.333. The van der Waals surface area contributed by atoms with Gasteiger partial charge in [-0.25, -0.2) is 0 Å². The van der Waals surface area contributed by atoms with Crippen LogP contribution >= 0.6 is 12.4 Å². The molecule has 120 valence electrons. The number of phenolic OH excluding ortho intramolecular Hbond substituents is 1. The summed E-state index contributed by atoms with van der Waals surface area (Å²) in [5.74, 6) is -1.05. The second kappa shape index (κ2) is 7.29. The van der Waals surface area contributed by atoms with Crippen LogP contribution in [0.4, 0.5) is 5.69 Å². The van der Waals surface area contributed by atoms with E-state index in [0.29, 0.717) is 30.9 Å². The van der Waals surface area contributed by atoms with Crippen molar-refractivity contribution < 1.29 is 14.7 Å². The molecule has 1 aliphatic heterocycles. The Labute approximate surface area is 135 Å². The molecule has 6 nitrogen and oxygen atoms in total. The van der Waals surface area contributed by atoms with E-state index in [2.05, 4.69) is 6.58 Å². The number of rotatable bonds is 3. The van der Waals surface area contributed by atoms with E-state index in [9.17, 15) is 14.7 Å². The molecule has 2 rings (SSSR count). The number of amides is 1. The molecule has 1 atom stereocenters. The highest BCUT2D eigenvalue weighted by molar-refractivity contribution is 6.40. The molecule has 0 aromatic heterocycles. The van der Waals surface area contributed by atoms with E-state index in [1.807, 2.05) is 11.9 Å². The van der Waals surface area contributed by atoms with Crippen molar-refractivity contribution in [2.24, 2.45) is 0 Å². The first-order valence-corrected chi connectivity index (χ1v) is 6.68. The summed E-state index contributed by atoms with van der Waals surface area (Å²) >= 11 is 0. The summed E-state index contributed by atoms with van der Waals surface area (Å²) in [6, 6.07) is 4.64. The van der Waals surface area contributed by atoms with Gasteiger partial charge < -0.3 is 15.7 Å². The molecule has 0 saturated carbocycles. The van der Waals surface area contributed by atoms with Gasteiger partial charge in [-0.05, 0) is 31.3 Å². The highest BCUT2D eigenvalue weighted by Crippen LogP contribution is 2.32. The molecule has 1 unspecified atom stereocenters. The average Bonchev–Trinajstić information content (AvgIpc) is 2.49. The van der Waals surface area contributed by atoms with Gasteiger partial charge in [0.1, 0.15) is 5.75 Å². The van der Waals surface area contributed by atoms with E-state index in [4.69, 9.17) is 5.73 Å². The average molecular weight is 326 g/mol. The number of nitrogens with zero attached hydrogens (tertiary/aromatic N) is 2. The number of halogens is 1. The summed E-state index contributed by atoms with van der Waals surface area (Å²) in [5, 5.41) is 10.0. The van der Waals surface area contributed by atoms with Crippen molar-refractivity contribution in [1.82, 2.24) is 9.80 Å². The Bertz CT molecular complexity index is 591. The van der Waals surface area contributed by atoms with Crippen molar-refractivity contribution in [3.8, 4) is 5.75 Å². The van der Waals surface area contributed by atoms with Crippen molar-refractivity contribution >= 4 is 29.8 Å². The number of hydrogen-bond acceptors (Lipinski definition) is 5. The predicted molar refractivity (Wildman–Crippen MR) is 86.9 cm³/mol. The fourth-order valence-electron chi connectivity index (χ4n) is 2.48. The number of nitrogens with two attached hydrogens (primary N) is 1. The van der Waals surface area contributed by atoms with Gasteiger partial charge in [0.05, 0.1) is 6.04 Å². The van der Waals surface area contributed by atoms with Crippen molar-refractivity contribution in [2.45, 2.75) is 6.04 Å². The number of benzene rings is 1. The fourth-order valence-corrected chi connectivity index (χ4v) is 2.48. The molecule has 0 radical (unpaired) electrons. The quantitative estimate of drug-likeness (QED) is 0.374. The molecule has 1 amide bonds. The van der Waals surface area contributed by atoms with Gasteiger partial charge in [0.2, 0.25) is 5.78 Å². The molecule has 1 aliphatic rings. The third kappa shape index (κ3) is 3.58. The van der Waals surface area contributed by atoms with Gasteiger partial charge in [-0.1, -0.05) is 6.58 Å². The second-order valence-corrected chi connectivity index (χ2v) is 5.13. The first-order valence-electron chi connectivity index (χ1n) is 6.68. The van der Waals surface area contributed by atoms with Crippen molar-refractivity contribution in [3.05, 3.63) is 36.4 Å². The van der Waals surface area contributed by atoms with Gasteiger partial charge in [0.15, 0.2) is 0 Å². The number of phenols is 1. The van der Waals surface area contributed by atoms with Crippen LogP contribution in [0.5, 0.6) is 5.75 Å². The zero-order valence-corrected chi connectivity index (χ0v) is 13.2. The normalized spacial score (nSPS) is 18.4. The number of hydrogen-bond donors (Lipinski definition) is 2. The van der Waals surface area contributed by atoms with Crippen LogP contribution in [-0.4, -0.2) is 53.3 Å². The molecule has 1 aromatic rings. The maximum atomic E-state index is 12.0. The van der Waals surface area contributed by atoms with E-state index < -0.39 is 11.7 Å². The molecular formula is C15H20ClN3O3. The third-order valence-corrected chi connectivity index (χ3v) is 3.74. The number of anilines is 1. The van der Waals surface area contributed by atoms with E-state index in [-0.39, 0.29) is 24.2 Å². The van der Waals surface area contributed by atoms with Crippen LogP contribution < -0.4 is 5.73 Å².